The van der Waals surface area contributed by atoms with Gasteiger partial charge < -0.3 is 10.1 Å². The van der Waals surface area contributed by atoms with Gasteiger partial charge >= 0.3 is 0 Å². The van der Waals surface area contributed by atoms with Crippen LogP contribution >= 0.6 is 0 Å². The lowest BCUT2D eigenvalue weighted by Gasteiger charge is -2.27. The van der Waals surface area contributed by atoms with E-state index in [-0.39, 0.29) is 6.10 Å². The smallest absolute Gasteiger partial charge is 0.0949 e. The van der Waals surface area contributed by atoms with Crippen molar-refractivity contribution in [3.05, 3.63) is 35.9 Å². The van der Waals surface area contributed by atoms with Gasteiger partial charge in [-0.1, -0.05) is 63.4 Å². The van der Waals surface area contributed by atoms with Gasteiger partial charge in [0.15, 0.2) is 0 Å². The molecule has 1 aliphatic rings. The maximum atomic E-state index is 6.12. The number of ether oxygens (including phenoxy) is 1. The maximum Gasteiger partial charge on any atom is 0.0949 e. The first kappa shape index (κ1) is 14.5. The van der Waals surface area contributed by atoms with Crippen LogP contribution in [-0.2, 0) is 4.74 Å². The topological polar surface area (TPSA) is 21.3 Å². The second-order valence-corrected chi connectivity index (χ2v) is 5.92. The molecule has 1 saturated carbocycles. The molecule has 0 saturated heterocycles. The minimum atomic E-state index is 0.184. The fourth-order valence-electron chi connectivity index (χ4n) is 2.44. The molecule has 1 unspecified atom stereocenters. The van der Waals surface area contributed by atoms with Crippen molar-refractivity contribution in [2.45, 2.75) is 51.7 Å². The van der Waals surface area contributed by atoms with E-state index in [9.17, 15) is 0 Å². The Bertz CT molecular complexity index is 346. The minimum Gasteiger partial charge on any atom is -0.372 e. The molecule has 1 aromatic carbocycles. The Morgan fingerprint density at radius 3 is 2.53 bits per heavy atom. The van der Waals surface area contributed by atoms with Crippen molar-refractivity contribution in [3.63, 3.8) is 0 Å². The molecule has 1 atom stereocenters. The highest BCUT2D eigenvalue weighted by Crippen LogP contribution is 2.30. The Morgan fingerprint density at radius 1 is 1.21 bits per heavy atom. The van der Waals surface area contributed by atoms with E-state index >= 15 is 0 Å². The lowest BCUT2D eigenvalue weighted by Crippen LogP contribution is -2.29. The van der Waals surface area contributed by atoms with Crippen molar-refractivity contribution < 1.29 is 4.74 Å². The van der Waals surface area contributed by atoms with Gasteiger partial charge in [-0.05, 0) is 17.9 Å². The maximum absolute atomic E-state index is 6.12. The Morgan fingerprint density at radius 2 is 1.95 bits per heavy atom. The van der Waals surface area contributed by atoms with Crippen LogP contribution in [0.2, 0.25) is 0 Å². The summed E-state index contributed by atoms with van der Waals surface area (Å²) in [6.07, 6.45) is 5.64. The molecule has 0 bridgehead atoms. The number of nitrogens with one attached hydrogen (secondary N) is 1. The van der Waals surface area contributed by atoms with E-state index in [1.54, 1.807) is 0 Å². The zero-order valence-corrected chi connectivity index (χ0v) is 12.3. The summed E-state index contributed by atoms with van der Waals surface area (Å²) in [5.74, 6) is 0.925. The normalized spacial score (nSPS) is 17.4. The van der Waals surface area contributed by atoms with E-state index < -0.39 is 0 Å². The minimum absolute atomic E-state index is 0.184. The number of rotatable bonds is 8. The second kappa shape index (κ2) is 7.66. The van der Waals surface area contributed by atoms with Crippen LogP contribution in [0.1, 0.15) is 51.2 Å². The summed E-state index contributed by atoms with van der Waals surface area (Å²) >= 11 is 0. The standard InChI is InChI=1S/C17H27NO/c1-14(2)18-13-17(16-9-4-3-5-10-16)19-12-11-15-7-6-8-15/h3-5,9-10,14-15,17-18H,6-8,11-13H2,1-2H3. The fourth-order valence-corrected chi connectivity index (χ4v) is 2.44. The first-order valence-corrected chi connectivity index (χ1v) is 7.65. The van der Waals surface area contributed by atoms with Crippen molar-refractivity contribution >= 4 is 0 Å². The van der Waals surface area contributed by atoms with Crippen molar-refractivity contribution in [1.29, 1.82) is 0 Å². The van der Waals surface area contributed by atoms with Gasteiger partial charge in [0.05, 0.1) is 6.10 Å². The van der Waals surface area contributed by atoms with E-state index in [0.717, 1.165) is 19.1 Å². The molecule has 2 nitrogen and oxygen atoms in total. The van der Waals surface area contributed by atoms with Gasteiger partial charge in [0.25, 0.3) is 0 Å². The Kier molecular flexibility index (Phi) is 5.87. The van der Waals surface area contributed by atoms with E-state index in [1.165, 1.54) is 31.2 Å². The van der Waals surface area contributed by atoms with E-state index in [1.807, 2.05) is 0 Å². The molecule has 2 heteroatoms. The van der Waals surface area contributed by atoms with Crippen LogP contribution in [0.25, 0.3) is 0 Å². The fraction of sp³-hybridized carbons (Fsp3) is 0.647. The summed E-state index contributed by atoms with van der Waals surface area (Å²) in [6, 6.07) is 11.1. The molecule has 1 aromatic rings. The van der Waals surface area contributed by atoms with Crippen molar-refractivity contribution in [3.8, 4) is 0 Å². The zero-order valence-electron chi connectivity index (χ0n) is 12.3. The molecule has 1 aliphatic carbocycles. The third-order valence-corrected chi connectivity index (χ3v) is 3.95. The lowest BCUT2D eigenvalue weighted by atomic mass is 9.83. The third-order valence-electron chi connectivity index (χ3n) is 3.95. The molecular formula is C17H27NO. The average Bonchev–Trinajstić information content (AvgIpc) is 2.36. The van der Waals surface area contributed by atoms with Crippen molar-refractivity contribution in [2.24, 2.45) is 5.92 Å². The SMILES string of the molecule is CC(C)NCC(OCCC1CCC1)c1ccccc1. The molecule has 0 heterocycles. The number of hydrogen-bond acceptors (Lipinski definition) is 2. The third kappa shape index (κ3) is 4.96. The predicted molar refractivity (Wildman–Crippen MR) is 80.2 cm³/mol. The summed E-state index contributed by atoms with van der Waals surface area (Å²) in [5.41, 5.74) is 1.28. The van der Waals surface area contributed by atoms with E-state index in [0.29, 0.717) is 6.04 Å². The van der Waals surface area contributed by atoms with Gasteiger partial charge in [-0.15, -0.1) is 0 Å². The molecule has 106 valence electrons. The molecule has 19 heavy (non-hydrogen) atoms. The highest BCUT2D eigenvalue weighted by Gasteiger charge is 2.18. The van der Waals surface area contributed by atoms with Crippen LogP contribution in [0.4, 0.5) is 0 Å². The van der Waals surface area contributed by atoms with Gasteiger partial charge in [-0.3, -0.25) is 0 Å². The Hall–Kier alpha value is -0.860. The van der Waals surface area contributed by atoms with Crippen LogP contribution < -0.4 is 5.32 Å². The van der Waals surface area contributed by atoms with Crippen LogP contribution in [0.3, 0.4) is 0 Å². The summed E-state index contributed by atoms with van der Waals surface area (Å²) in [4.78, 5) is 0. The molecule has 0 aliphatic heterocycles. The average molecular weight is 261 g/mol. The van der Waals surface area contributed by atoms with Gasteiger partial charge in [0.2, 0.25) is 0 Å². The molecule has 0 amide bonds. The molecule has 2 rings (SSSR count). The zero-order chi connectivity index (χ0) is 13.5. The predicted octanol–water partition coefficient (Wildman–Crippen LogP) is 3.93. The molecular weight excluding hydrogens is 234 g/mol. The van der Waals surface area contributed by atoms with Crippen LogP contribution in [0.15, 0.2) is 30.3 Å². The highest BCUT2D eigenvalue weighted by atomic mass is 16.5. The van der Waals surface area contributed by atoms with Crippen LogP contribution in [0, 0.1) is 5.92 Å². The number of benzene rings is 1. The van der Waals surface area contributed by atoms with Gasteiger partial charge in [0.1, 0.15) is 0 Å². The monoisotopic (exact) mass is 261 g/mol. The summed E-state index contributed by atoms with van der Waals surface area (Å²) < 4.78 is 6.12. The van der Waals surface area contributed by atoms with Crippen LogP contribution in [0.5, 0.6) is 0 Å². The second-order valence-electron chi connectivity index (χ2n) is 5.92. The van der Waals surface area contributed by atoms with Gasteiger partial charge in [-0.2, -0.15) is 0 Å². The molecule has 0 spiro atoms. The van der Waals surface area contributed by atoms with Crippen LogP contribution in [-0.4, -0.2) is 19.2 Å². The Labute approximate surface area is 117 Å². The summed E-state index contributed by atoms with van der Waals surface area (Å²) in [5, 5.41) is 3.49. The van der Waals surface area contributed by atoms with Gasteiger partial charge in [0, 0.05) is 19.2 Å². The molecule has 1 fully saturated rings. The first-order chi connectivity index (χ1) is 9.25. The first-order valence-electron chi connectivity index (χ1n) is 7.65. The summed E-state index contributed by atoms with van der Waals surface area (Å²) in [6.45, 7) is 6.14. The van der Waals surface area contributed by atoms with Crippen molar-refractivity contribution in [2.75, 3.05) is 13.2 Å². The molecule has 0 aromatic heterocycles. The highest BCUT2D eigenvalue weighted by molar-refractivity contribution is 5.17. The summed E-state index contributed by atoms with van der Waals surface area (Å²) in [7, 11) is 0. The quantitative estimate of drug-likeness (QED) is 0.765. The number of hydrogen-bond donors (Lipinski definition) is 1. The molecule has 1 N–H and O–H groups in total. The largest absolute Gasteiger partial charge is 0.372 e. The van der Waals surface area contributed by atoms with E-state index in [2.05, 4.69) is 49.5 Å². The van der Waals surface area contributed by atoms with E-state index in [4.69, 9.17) is 4.74 Å². The van der Waals surface area contributed by atoms with Gasteiger partial charge in [-0.25, -0.2) is 0 Å². The lowest BCUT2D eigenvalue weighted by molar-refractivity contribution is 0.0361. The Balaban J connectivity index is 1.82. The molecule has 0 radical (unpaired) electrons. The van der Waals surface area contributed by atoms with Crippen molar-refractivity contribution in [1.82, 2.24) is 5.32 Å².